The summed E-state index contributed by atoms with van der Waals surface area (Å²) in [5.74, 6) is 0.365. The maximum atomic E-state index is 13.8. The van der Waals surface area contributed by atoms with Gasteiger partial charge < -0.3 is 9.84 Å². The third kappa shape index (κ3) is 1.66. The van der Waals surface area contributed by atoms with E-state index in [1.165, 1.54) is 0 Å². The number of para-hydroxylation sites is 1. The van der Waals surface area contributed by atoms with Gasteiger partial charge in [-0.25, -0.2) is 0 Å². The van der Waals surface area contributed by atoms with Crippen molar-refractivity contribution < 1.29 is 14.6 Å². The Balaban J connectivity index is 1.65. The number of nitrogens with zero attached hydrogens (tertiary/aromatic N) is 1. The Morgan fingerprint density at radius 3 is 2.44 bits per heavy atom. The van der Waals surface area contributed by atoms with Gasteiger partial charge in [-0.2, -0.15) is 0 Å². The van der Waals surface area contributed by atoms with Gasteiger partial charge in [0.2, 0.25) is 5.91 Å². The third-order valence-electron chi connectivity index (χ3n) is 7.51. The van der Waals surface area contributed by atoms with Crippen LogP contribution in [0.1, 0.15) is 23.1 Å². The topological polar surface area (TPSA) is 49.8 Å². The summed E-state index contributed by atoms with van der Waals surface area (Å²) in [6, 6.07) is 16.3. The first-order chi connectivity index (χ1) is 13.1. The van der Waals surface area contributed by atoms with Crippen LogP contribution in [-0.4, -0.2) is 23.2 Å². The van der Waals surface area contributed by atoms with Crippen LogP contribution in [0.2, 0.25) is 0 Å². The van der Waals surface area contributed by atoms with Crippen LogP contribution in [0.5, 0.6) is 0 Å². The minimum Gasteiger partial charge on any atom is -0.390 e. The van der Waals surface area contributed by atoms with Gasteiger partial charge in [0.15, 0.2) is 5.72 Å². The maximum Gasteiger partial charge on any atom is 0.233 e. The molecule has 2 aliphatic carbocycles. The minimum atomic E-state index is -0.804. The van der Waals surface area contributed by atoms with Gasteiger partial charge in [0, 0.05) is 11.5 Å². The standard InChI is InChI=1S/C23H23NO3/c1-12-7-6-8-13(2)19(12)24-22(26)17-15-11-16-18(17)23(24,27-21(16)20(15)25)14-9-4-3-5-10-14/h3-10,15-18,20-21,25H,11H2,1-2H3. The highest BCUT2D eigenvalue weighted by Gasteiger charge is 2.79. The van der Waals surface area contributed by atoms with Crippen molar-refractivity contribution in [3.05, 3.63) is 65.2 Å². The lowest BCUT2D eigenvalue weighted by atomic mass is 9.75. The van der Waals surface area contributed by atoms with E-state index in [1.807, 2.05) is 29.2 Å². The van der Waals surface area contributed by atoms with Gasteiger partial charge in [-0.3, -0.25) is 9.69 Å². The van der Waals surface area contributed by atoms with E-state index in [0.717, 1.165) is 28.8 Å². The van der Waals surface area contributed by atoms with Crippen molar-refractivity contribution >= 4 is 11.6 Å². The number of ether oxygens (including phenoxy) is 1. The molecule has 6 rings (SSSR count). The number of rotatable bonds is 2. The molecule has 2 aromatic carbocycles. The lowest BCUT2D eigenvalue weighted by Gasteiger charge is -2.40. The number of anilines is 1. The zero-order chi connectivity index (χ0) is 18.5. The highest BCUT2D eigenvalue weighted by molar-refractivity contribution is 6.02. The third-order valence-corrected chi connectivity index (χ3v) is 7.51. The molecule has 4 aliphatic rings. The number of benzene rings is 2. The molecule has 2 aliphatic heterocycles. The number of aryl methyl sites for hydroxylation is 2. The number of aliphatic hydroxyl groups excluding tert-OH is 1. The van der Waals surface area contributed by atoms with Crippen molar-refractivity contribution in [1.82, 2.24) is 0 Å². The zero-order valence-electron chi connectivity index (χ0n) is 15.5. The quantitative estimate of drug-likeness (QED) is 0.894. The van der Waals surface area contributed by atoms with E-state index in [-0.39, 0.29) is 35.7 Å². The molecule has 2 bridgehead atoms. The lowest BCUT2D eigenvalue weighted by Crippen LogP contribution is -2.49. The van der Waals surface area contributed by atoms with Gasteiger partial charge in [0.1, 0.15) is 0 Å². The molecule has 7 atom stereocenters. The maximum absolute atomic E-state index is 13.8. The van der Waals surface area contributed by atoms with E-state index in [9.17, 15) is 9.90 Å². The Hall–Kier alpha value is -2.17. The van der Waals surface area contributed by atoms with E-state index in [4.69, 9.17) is 4.74 Å². The van der Waals surface area contributed by atoms with E-state index >= 15 is 0 Å². The fourth-order valence-corrected chi connectivity index (χ4v) is 6.66. The average Bonchev–Trinajstić information content (AvgIpc) is 3.33. The van der Waals surface area contributed by atoms with Crippen molar-refractivity contribution in [1.29, 1.82) is 0 Å². The Kier molecular flexibility index (Phi) is 2.94. The summed E-state index contributed by atoms with van der Waals surface area (Å²) in [5.41, 5.74) is 3.35. The predicted octanol–water partition coefficient (Wildman–Crippen LogP) is 3.14. The van der Waals surface area contributed by atoms with Crippen molar-refractivity contribution in [2.45, 2.75) is 38.2 Å². The van der Waals surface area contributed by atoms with Crippen LogP contribution in [0.25, 0.3) is 0 Å². The number of carbonyl (C=O) groups excluding carboxylic acids is 1. The fraction of sp³-hybridized carbons (Fsp3) is 0.435. The number of carbonyl (C=O) groups is 1. The number of hydrogen-bond acceptors (Lipinski definition) is 3. The molecule has 0 radical (unpaired) electrons. The van der Waals surface area contributed by atoms with Gasteiger partial charge in [-0.1, -0.05) is 48.5 Å². The molecule has 2 heterocycles. The second kappa shape index (κ2) is 5.00. The van der Waals surface area contributed by atoms with Gasteiger partial charge in [-0.15, -0.1) is 0 Å². The average molecular weight is 361 g/mol. The molecule has 2 saturated heterocycles. The number of hydrogen-bond donors (Lipinski definition) is 1. The molecule has 0 spiro atoms. The van der Waals surface area contributed by atoms with Crippen LogP contribution >= 0.6 is 0 Å². The van der Waals surface area contributed by atoms with Crippen LogP contribution in [0.4, 0.5) is 5.69 Å². The number of amides is 1. The van der Waals surface area contributed by atoms with Gasteiger partial charge in [0.25, 0.3) is 0 Å². The highest BCUT2D eigenvalue weighted by Crippen LogP contribution is 2.71. The molecule has 4 nitrogen and oxygen atoms in total. The molecule has 2 aromatic rings. The highest BCUT2D eigenvalue weighted by atomic mass is 16.6. The molecule has 0 aromatic heterocycles. The minimum absolute atomic E-state index is 0.0254. The Labute approximate surface area is 158 Å². The van der Waals surface area contributed by atoms with E-state index in [0.29, 0.717) is 0 Å². The molecular formula is C23H23NO3. The second-order valence-electron chi connectivity index (χ2n) is 8.66. The SMILES string of the molecule is Cc1cccc(C)c1N1C(=O)C2C3CC4C(OC1(c1ccccc1)C42)C3O. The summed E-state index contributed by atoms with van der Waals surface area (Å²) >= 11 is 0. The summed E-state index contributed by atoms with van der Waals surface area (Å²) in [4.78, 5) is 15.7. The normalized spacial score (nSPS) is 41.0. The summed E-state index contributed by atoms with van der Waals surface area (Å²) < 4.78 is 6.72. The summed E-state index contributed by atoms with van der Waals surface area (Å²) in [6.45, 7) is 4.12. The van der Waals surface area contributed by atoms with E-state index < -0.39 is 11.8 Å². The predicted molar refractivity (Wildman–Crippen MR) is 101 cm³/mol. The number of aliphatic hydroxyl groups is 1. The molecule has 27 heavy (non-hydrogen) atoms. The van der Waals surface area contributed by atoms with Crippen LogP contribution < -0.4 is 4.90 Å². The van der Waals surface area contributed by atoms with Gasteiger partial charge in [0.05, 0.1) is 23.8 Å². The molecule has 7 unspecified atom stereocenters. The summed E-state index contributed by atoms with van der Waals surface area (Å²) in [7, 11) is 0. The van der Waals surface area contributed by atoms with Gasteiger partial charge in [-0.05, 0) is 43.2 Å². The van der Waals surface area contributed by atoms with Crippen molar-refractivity contribution in [2.75, 3.05) is 4.90 Å². The molecule has 138 valence electrons. The van der Waals surface area contributed by atoms with Crippen molar-refractivity contribution in [3.63, 3.8) is 0 Å². The first-order valence-electron chi connectivity index (χ1n) is 9.87. The zero-order valence-corrected chi connectivity index (χ0v) is 15.5. The Morgan fingerprint density at radius 1 is 1.04 bits per heavy atom. The molecule has 4 heteroatoms. The Bertz CT molecular complexity index is 937. The monoisotopic (exact) mass is 361 g/mol. The van der Waals surface area contributed by atoms with Crippen molar-refractivity contribution in [3.8, 4) is 0 Å². The lowest BCUT2D eigenvalue weighted by molar-refractivity contribution is -0.133. The first kappa shape index (κ1) is 15.8. The summed E-state index contributed by atoms with van der Waals surface area (Å²) in [6.07, 6.45) is 0.213. The first-order valence-corrected chi connectivity index (χ1v) is 9.87. The van der Waals surface area contributed by atoms with Crippen LogP contribution in [0.3, 0.4) is 0 Å². The smallest absolute Gasteiger partial charge is 0.233 e. The van der Waals surface area contributed by atoms with E-state index in [1.54, 1.807) is 0 Å². The van der Waals surface area contributed by atoms with Crippen LogP contribution in [-0.2, 0) is 15.3 Å². The Morgan fingerprint density at radius 2 is 1.74 bits per heavy atom. The molecule has 4 fully saturated rings. The van der Waals surface area contributed by atoms with Gasteiger partial charge >= 0.3 is 0 Å². The summed E-state index contributed by atoms with van der Waals surface area (Å²) in [5, 5.41) is 10.8. The van der Waals surface area contributed by atoms with Crippen LogP contribution in [0.15, 0.2) is 48.5 Å². The van der Waals surface area contributed by atoms with Crippen LogP contribution in [0, 0.1) is 37.5 Å². The van der Waals surface area contributed by atoms with Crippen molar-refractivity contribution in [2.24, 2.45) is 23.7 Å². The molecule has 2 saturated carbocycles. The number of fused-ring (bicyclic) bond motifs is 2. The second-order valence-corrected chi connectivity index (χ2v) is 8.66. The molecular weight excluding hydrogens is 338 g/mol. The molecule has 1 amide bonds. The fourth-order valence-electron chi connectivity index (χ4n) is 6.66. The molecule has 1 N–H and O–H groups in total. The largest absolute Gasteiger partial charge is 0.390 e. The van der Waals surface area contributed by atoms with E-state index in [2.05, 4.69) is 38.1 Å².